The average molecular weight is 275 g/mol. The quantitative estimate of drug-likeness (QED) is 0.785. The lowest BCUT2D eigenvalue weighted by Gasteiger charge is -2.20. The van der Waals surface area contributed by atoms with Gasteiger partial charge in [0.05, 0.1) is 0 Å². The summed E-state index contributed by atoms with van der Waals surface area (Å²) in [6.07, 6.45) is 5.96. The van der Waals surface area contributed by atoms with Gasteiger partial charge in [0.2, 0.25) is 5.91 Å². The van der Waals surface area contributed by atoms with Crippen molar-refractivity contribution < 1.29 is 4.79 Å². The molecule has 0 aliphatic heterocycles. The highest BCUT2D eigenvalue weighted by Gasteiger charge is 2.17. The van der Waals surface area contributed by atoms with Crippen LogP contribution in [0.5, 0.6) is 0 Å². The summed E-state index contributed by atoms with van der Waals surface area (Å²) in [4.78, 5) is 14.2. The van der Waals surface area contributed by atoms with E-state index in [1.165, 1.54) is 25.7 Å². The number of anilines is 2. The Labute approximate surface area is 121 Å². The van der Waals surface area contributed by atoms with Crippen LogP contribution in [-0.2, 0) is 4.79 Å². The van der Waals surface area contributed by atoms with E-state index in [1.807, 2.05) is 18.2 Å². The number of carbonyl (C=O) groups excluding carboxylic acids is 1. The highest BCUT2D eigenvalue weighted by atomic mass is 16.1. The summed E-state index contributed by atoms with van der Waals surface area (Å²) >= 11 is 0. The summed E-state index contributed by atoms with van der Waals surface area (Å²) in [7, 11) is 2.10. The molecule has 0 bridgehead atoms. The molecule has 1 amide bonds. The largest absolute Gasteiger partial charge is 0.399 e. The van der Waals surface area contributed by atoms with Crippen molar-refractivity contribution in [3.63, 3.8) is 0 Å². The third kappa shape index (κ3) is 4.85. The zero-order chi connectivity index (χ0) is 14.4. The second-order valence-corrected chi connectivity index (χ2v) is 5.84. The number of nitrogen functional groups attached to an aromatic ring is 1. The highest BCUT2D eigenvalue weighted by Crippen LogP contribution is 2.25. The van der Waals surface area contributed by atoms with E-state index in [2.05, 4.69) is 17.3 Å². The third-order valence-electron chi connectivity index (χ3n) is 3.94. The van der Waals surface area contributed by atoms with Gasteiger partial charge in [0.25, 0.3) is 0 Å². The Balaban J connectivity index is 1.69. The normalized spacial score (nSPS) is 15.7. The second-order valence-electron chi connectivity index (χ2n) is 5.84. The molecule has 4 nitrogen and oxygen atoms in total. The fourth-order valence-electron chi connectivity index (χ4n) is 2.86. The Kier molecular flexibility index (Phi) is 5.41. The number of nitrogens with two attached hydrogens (primary N) is 1. The Morgan fingerprint density at radius 1 is 1.40 bits per heavy atom. The molecule has 0 atom stereocenters. The molecule has 1 aromatic carbocycles. The summed E-state index contributed by atoms with van der Waals surface area (Å²) in [5.74, 6) is 0.880. The molecule has 1 fully saturated rings. The molecule has 1 aliphatic rings. The summed E-state index contributed by atoms with van der Waals surface area (Å²) in [6.45, 7) is 1.93. The maximum atomic E-state index is 11.9. The molecule has 4 heteroatoms. The van der Waals surface area contributed by atoms with E-state index in [1.54, 1.807) is 6.07 Å². The van der Waals surface area contributed by atoms with Crippen LogP contribution in [-0.4, -0.2) is 30.9 Å². The molecule has 20 heavy (non-hydrogen) atoms. The van der Waals surface area contributed by atoms with Crippen LogP contribution in [0, 0.1) is 5.92 Å². The van der Waals surface area contributed by atoms with Crippen LogP contribution in [0.25, 0.3) is 0 Å². The van der Waals surface area contributed by atoms with E-state index in [0.29, 0.717) is 12.1 Å². The highest BCUT2D eigenvalue weighted by molar-refractivity contribution is 5.91. The lowest BCUT2D eigenvalue weighted by atomic mass is 10.1. The van der Waals surface area contributed by atoms with E-state index >= 15 is 0 Å². The van der Waals surface area contributed by atoms with Crippen LogP contribution in [0.1, 0.15) is 32.1 Å². The zero-order valence-electron chi connectivity index (χ0n) is 12.3. The molecular formula is C16H25N3O. The first kappa shape index (κ1) is 14.9. The van der Waals surface area contributed by atoms with Crippen molar-refractivity contribution in [1.82, 2.24) is 4.90 Å². The number of rotatable bonds is 6. The van der Waals surface area contributed by atoms with Crippen molar-refractivity contribution in [2.24, 2.45) is 5.92 Å². The summed E-state index contributed by atoms with van der Waals surface area (Å²) in [6, 6.07) is 7.29. The van der Waals surface area contributed by atoms with Crippen molar-refractivity contribution in [3.05, 3.63) is 24.3 Å². The number of nitrogens with one attached hydrogen (secondary N) is 1. The first-order valence-corrected chi connectivity index (χ1v) is 7.47. The number of benzene rings is 1. The van der Waals surface area contributed by atoms with Crippen molar-refractivity contribution in [3.8, 4) is 0 Å². The van der Waals surface area contributed by atoms with Crippen LogP contribution >= 0.6 is 0 Å². The fraction of sp³-hybridized carbons (Fsp3) is 0.562. The lowest BCUT2D eigenvalue weighted by Crippen LogP contribution is -2.28. The summed E-state index contributed by atoms with van der Waals surface area (Å²) in [5, 5.41) is 2.89. The smallest absolute Gasteiger partial charge is 0.225 e. The van der Waals surface area contributed by atoms with Gasteiger partial charge in [0.15, 0.2) is 0 Å². The minimum Gasteiger partial charge on any atom is -0.399 e. The maximum absolute atomic E-state index is 11.9. The van der Waals surface area contributed by atoms with E-state index < -0.39 is 0 Å². The molecule has 2 rings (SSSR count). The van der Waals surface area contributed by atoms with Crippen LogP contribution < -0.4 is 11.1 Å². The Bertz CT molecular complexity index is 441. The summed E-state index contributed by atoms with van der Waals surface area (Å²) < 4.78 is 0. The lowest BCUT2D eigenvalue weighted by molar-refractivity contribution is -0.116. The standard InChI is InChI=1S/C16H25N3O/c1-19(12-13-5-2-3-6-13)10-9-16(20)18-15-8-4-7-14(17)11-15/h4,7-8,11,13H,2-3,5-6,9-10,12,17H2,1H3,(H,18,20). The predicted octanol–water partition coefficient (Wildman–Crippen LogP) is 2.72. The van der Waals surface area contributed by atoms with Gasteiger partial charge in [-0.1, -0.05) is 18.9 Å². The molecule has 1 saturated carbocycles. The van der Waals surface area contributed by atoms with Gasteiger partial charge in [-0.25, -0.2) is 0 Å². The molecule has 1 aromatic rings. The first-order valence-electron chi connectivity index (χ1n) is 7.47. The van der Waals surface area contributed by atoms with Crippen LogP contribution in [0.15, 0.2) is 24.3 Å². The molecule has 0 aromatic heterocycles. The van der Waals surface area contributed by atoms with Crippen LogP contribution in [0.3, 0.4) is 0 Å². The summed E-state index contributed by atoms with van der Waals surface area (Å²) in [5.41, 5.74) is 7.13. The number of hydrogen-bond donors (Lipinski definition) is 2. The van der Waals surface area contributed by atoms with E-state index in [-0.39, 0.29) is 5.91 Å². The zero-order valence-corrected chi connectivity index (χ0v) is 12.3. The van der Waals surface area contributed by atoms with Crippen molar-refractivity contribution in [1.29, 1.82) is 0 Å². The molecule has 0 radical (unpaired) electrons. The maximum Gasteiger partial charge on any atom is 0.225 e. The van der Waals surface area contributed by atoms with Gasteiger partial charge >= 0.3 is 0 Å². The van der Waals surface area contributed by atoms with Gasteiger partial charge in [-0.15, -0.1) is 0 Å². The van der Waals surface area contributed by atoms with Gasteiger partial charge in [0.1, 0.15) is 0 Å². The number of nitrogens with zero attached hydrogens (tertiary/aromatic N) is 1. The molecule has 3 N–H and O–H groups in total. The van der Waals surface area contributed by atoms with E-state index in [4.69, 9.17) is 5.73 Å². The average Bonchev–Trinajstić information content (AvgIpc) is 2.89. The Morgan fingerprint density at radius 3 is 2.85 bits per heavy atom. The number of hydrogen-bond acceptors (Lipinski definition) is 3. The fourth-order valence-corrected chi connectivity index (χ4v) is 2.86. The van der Waals surface area contributed by atoms with Crippen molar-refractivity contribution in [2.45, 2.75) is 32.1 Å². The minimum atomic E-state index is 0.0499. The number of amides is 1. The molecule has 0 spiro atoms. The van der Waals surface area contributed by atoms with Gasteiger partial charge in [-0.3, -0.25) is 4.79 Å². The van der Waals surface area contributed by atoms with Gasteiger partial charge in [-0.05, 0) is 44.0 Å². The molecule has 1 aliphatic carbocycles. The third-order valence-corrected chi connectivity index (χ3v) is 3.94. The first-order chi connectivity index (χ1) is 9.63. The molecule has 0 unspecified atom stereocenters. The van der Waals surface area contributed by atoms with E-state index in [0.717, 1.165) is 24.7 Å². The van der Waals surface area contributed by atoms with Gasteiger partial charge in [-0.2, -0.15) is 0 Å². The Morgan fingerprint density at radius 2 is 2.15 bits per heavy atom. The van der Waals surface area contributed by atoms with Crippen molar-refractivity contribution >= 4 is 17.3 Å². The second kappa shape index (κ2) is 7.29. The van der Waals surface area contributed by atoms with Crippen LogP contribution in [0.2, 0.25) is 0 Å². The SMILES string of the molecule is CN(CCC(=O)Nc1cccc(N)c1)CC1CCCC1. The van der Waals surface area contributed by atoms with Crippen LogP contribution in [0.4, 0.5) is 11.4 Å². The Hall–Kier alpha value is -1.55. The molecular weight excluding hydrogens is 250 g/mol. The number of carbonyl (C=O) groups is 1. The molecule has 0 heterocycles. The topological polar surface area (TPSA) is 58.4 Å². The van der Waals surface area contributed by atoms with Crippen molar-refractivity contribution in [2.75, 3.05) is 31.2 Å². The van der Waals surface area contributed by atoms with Gasteiger partial charge < -0.3 is 16.0 Å². The molecule has 0 saturated heterocycles. The van der Waals surface area contributed by atoms with E-state index in [9.17, 15) is 4.79 Å². The molecule has 110 valence electrons. The predicted molar refractivity (Wildman–Crippen MR) is 83.6 cm³/mol. The minimum absolute atomic E-state index is 0.0499. The van der Waals surface area contributed by atoms with Gasteiger partial charge in [0, 0.05) is 30.9 Å². The monoisotopic (exact) mass is 275 g/mol.